The van der Waals surface area contributed by atoms with Crippen LogP contribution in [0.3, 0.4) is 0 Å². The van der Waals surface area contributed by atoms with E-state index in [4.69, 9.17) is 0 Å². The van der Waals surface area contributed by atoms with Gasteiger partial charge < -0.3 is 4.57 Å². The molecule has 0 spiro atoms. The molecule has 0 atom stereocenters. The van der Waals surface area contributed by atoms with E-state index in [1.54, 1.807) is 0 Å². The highest BCUT2D eigenvalue weighted by Crippen LogP contribution is 2.26. The molecule has 0 aliphatic heterocycles. The third-order valence-electron chi connectivity index (χ3n) is 2.31. The quantitative estimate of drug-likeness (QED) is 0.667. The van der Waals surface area contributed by atoms with E-state index in [1.165, 1.54) is 13.1 Å². The van der Waals surface area contributed by atoms with E-state index in [0.717, 1.165) is 16.7 Å². The molecule has 90 valence electrons. The molecule has 0 radical (unpaired) electrons. The highest BCUT2D eigenvalue weighted by Gasteiger charge is 2.37. The first kappa shape index (κ1) is 11.6. The minimum atomic E-state index is -4.85. The van der Waals surface area contributed by atoms with Gasteiger partial charge in [0.2, 0.25) is 5.69 Å². The lowest BCUT2D eigenvalue weighted by Gasteiger charge is -2.09. The second kappa shape index (κ2) is 3.54. The molecule has 3 nitrogen and oxygen atoms in total. The zero-order valence-electron chi connectivity index (χ0n) is 8.55. The van der Waals surface area contributed by atoms with Gasteiger partial charge in [0.1, 0.15) is 5.82 Å². The first-order valence-corrected chi connectivity index (χ1v) is 4.54. The SMILES string of the molecule is Cn1c(=O)c(C(F)(F)F)nc2cc(F)ccc21. The van der Waals surface area contributed by atoms with Crippen molar-refractivity contribution >= 4 is 11.0 Å². The average molecular weight is 246 g/mol. The summed E-state index contributed by atoms with van der Waals surface area (Å²) in [4.78, 5) is 14.6. The fourth-order valence-corrected chi connectivity index (χ4v) is 1.49. The smallest absolute Gasteiger partial charge is 0.308 e. The number of fused-ring (bicyclic) bond motifs is 1. The number of rotatable bonds is 0. The van der Waals surface area contributed by atoms with Crippen molar-refractivity contribution in [2.75, 3.05) is 0 Å². The van der Waals surface area contributed by atoms with Crippen LogP contribution in [0.5, 0.6) is 0 Å². The Kier molecular flexibility index (Phi) is 2.41. The van der Waals surface area contributed by atoms with Gasteiger partial charge in [-0.3, -0.25) is 4.79 Å². The maximum absolute atomic E-state index is 12.9. The van der Waals surface area contributed by atoms with E-state index in [2.05, 4.69) is 4.98 Å². The number of hydrogen-bond acceptors (Lipinski definition) is 2. The van der Waals surface area contributed by atoms with Crippen molar-refractivity contribution in [3.8, 4) is 0 Å². The molecular weight excluding hydrogens is 240 g/mol. The molecule has 0 aliphatic carbocycles. The highest BCUT2D eigenvalue weighted by molar-refractivity contribution is 5.74. The summed E-state index contributed by atoms with van der Waals surface area (Å²) in [5.74, 6) is -0.711. The van der Waals surface area contributed by atoms with Gasteiger partial charge in [0, 0.05) is 13.1 Å². The third kappa shape index (κ3) is 1.88. The molecule has 1 aromatic heterocycles. The summed E-state index contributed by atoms with van der Waals surface area (Å²) in [7, 11) is 1.18. The average Bonchev–Trinajstić information content (AvgIpc) is 2.21. The van der Waals surface area contributed by atoms with Crippen molar-refractivity contribution in [1.29, 1.82) is 0 Å². The lowest BCUT2D eigenvalue weighted by molar-refractivity contribution is -0.142. The zero-order chi connectivity index (χ0) is 12.8. The fourth-order valence-electron chi connectivity index (χ4n) is 1.49. The van der Waals surface area contributed by atoms with Crippen LogP contribution in [0.2, 0.25) is 0 Å². The number of halogens is 4. The van der Waals surface area contributed by atoms with Crippen LogP contribution in [0, 0.1) is 5.82 Å². The molecule has 0 aliphatic rings. The van der Waals surface area contributed by atoms with Crippen molar-refractivity contribution in [3.63, 3.8) is 0 Å². The predicted octanol–water partition coefficient (Wildman–Crippen LogP) is 2.09. The second-order valence-electron chi connectivity index (χ2n) is 3.46. The Hall–Kier alpha value is -1.92. The molecule has 1 heterocycles. The number of aromatic nitrogens is 2. The molecular formula is C10H6F4N2O. The lowest BCUT2D eigenvalue weighted by atomic mass is 10.2. The third-order valence-corrected chi connectivity index (χ3v) is 2.31. The molecule has 2 rings (SSSR count). The molecule has 1 aromatic carbocycles. The summed E-state index contributed by atoms with van der Waals surface area (Å²) < 4.78 is 51.1. The molecule has 0 amide bonds. The molecule has 2 aromatic rings. The Bertz CT molecular complexity index is 645. The van der Waals surface area contributed by atoms with E-state index >= 15 is 0 Å². The van der Waals surface area contributed by atoms with Crippen LogP contribution in [-0.2, 0) is 13.2 Å². The van der Waals surface area contributed by atoms with Gasteiger partial charge in [-0.2, -0.15) is 13.2 Å². The molecule has 7 heteroatoms. The van der Waals surface area contributed by atoms with Gasteiger partial charge in [-0.25, -0.2) is 9.37 Å². The van der Waals surface area contributed by atoms with Gasteiger partial charge in [-0.05, 0) is 12.1 Å². The summed E-state index contributed by atoms with van der Waals surface area (Å²) in [6.07, 6.45) is -4.85. The maximum Gasteiger partial charge on any atom is 0.438 e. The first-order chi connectivity index (χ1) is 7.80. The maximum atomic E-state index is 12.9. The summed E-state index contributed by atoms with van der Waals surface area (Å²) in [6.45, 7) is 0. The van der Waals surface area contributed by atoms with Gasteiger partial charge in [-0.15, -0.1) is 0 Å². The van der Waals surface area contributed by atoms with Crippen LogP contribution in [0.15, 0.2) is 23.0 Å². The Morgan fingerprint density at radius 3 is 2.53 bits per heavy atom. The van der Waals surface area contributed by atoms with Crippen molar-refractivity contribution < 1.29 is 17.6 Å². The topological polar surface area (TPSA) is 34.9 Å². The summed E-state index contributed by atoms with van der Waals surface area (Å²) in [5, 5.41) is 0. The number of hydrogen-bond donors (Lipinski definition) is 0. The minimum Gasteiger partial charge on any atom is -0.308 e. The van der Waals surface area contributed by atoms with Crippen LogP contribution in [-0.4, -0.2) is 9.55 Å². The van der Waals surface area contributed by atoms with Crippen LogP contribution in [0.1, 0.15) is 5.69 Å². The molecule has 0 N–H and O–H groups in total. The van der Waals surface area contributed by atoms with Gasteiger partial charge in [0.05, 0.1) is 11.0 Å². The van der Waals surface area contributed by atoms with Crippen LogP contribution < -0.4 is 5.56 Å². The van der Waals surface area contributed by atoms with Gasteiger partial charge in [-0.1, -0.05) is 0 Å². The Morgan fingerprint density at radius 1 is 1.29 bits per heavy atom. The molecule has 0 bridgehead atoms. The number of alkyl halides is 3. The first-order valence-electron chi connectivity index (χ1n) is 4.54. The van der Waals surface area contributed by atoms with Crippen molar-refractivity contribution in [2.24, 2.45) is 7.05 Å². The predicted molar refractivity (Wildman–Crippen MR) is 51.9 cm³/mol. The summed E-state index contributed by atoms with van der Waals surface area (Å²) >= 11 is 0. The van der Waals surface area contributed by atoms with E-state index in [1.807, 2.05) is 0 Å². The van der Waals surface area contributed by atoms with Crippen LogP contribution in [0.25, 0.3) is 11.0 Å². The second-order valence-corrected chi connectivity index (χ2v) is 3.46. The Labute approximate surface area is 92.3 Å². The highest BCUT2D eigenvalue weighted by atomic mass is 19.4. The molecule has 0 saturated heterocycles. The number of benzene rings is 1. The van der Waals surface area contributed by atoms with E-state index in [9.17, 15) is 22.4 Å². The Morgan fingerprint density at radius 2 is 1.94 bits per heavy atom. The summed E-state index contributed by atoms with van der Waals surface area (Å²) in [6, 6.07) is 3.11. The minimum absolute atomic E-state index is 0.143. The Balaban J connectivity index is 2.91. The van der Waals surface area contributed by atoms with Crippen molar-refractivity contribution in [3.05, 3.63) is 40.1 Å². The molecule has 0 fully saturated rings. The van der Waals surface area contributed by atoms with E-state index in [-0.39, 0.29) is 11.0 Å². The fraction of sp³-hybridized carbons (Fsp3) is 0.200. The zero-order valence-corrected chi connectivity index (χ0v) is 8.55. The lowest BCUT2D eigenvalue weighted by Crippen LogP contribution is -2.29. The molecule has 0 saturated carbocycles. The van der Waals surface area contributed by atoms with Crippen LogP contribution in [0.4, 0.5) is 17.6 Å². The summed E-state index contributed by atoms with van der Waals surface area (Å²) in [5.41, 5.74) is -2.86. The van der Waals surface area contributed by atoms with Crippen molar-refractivity contribution in [2.45, 2.75) is 6.18 Å². The monoisotopic (exact) mass is 246 g/mol. The molecule has 17 heavy (non-hydrogen) atoms. The number of aryl methyl sites for hydroxylation is 1. The van der Waals surface area contributed by atoms with Gasteiger partial charge in [0.15, 0.2) is 0 Å². The normalized spacial score (nSPS) is 12.1. The van der Waals surface area contributed by atoms with E-state index < -0.39 is 23.2 Å². The van der Waals surface area contributed by atoms with E-state index in [0.29, 0.717) is 0 Å². The van der Waals surface area contributed by atoms with Crippen molar-refractivity contribution in [1.82, 2.24) is 9.55 Å². The van der Waals surface area contributed by atoms with Gasteiger partial charge >= 0.3 is 6.18 Å². The number of nitrogens with zero attached hydrogens (tertiary/aromatic N) is 2. The van der Waals surface area contributed by atoms with Gasteiger partial charge in [0.25, 0.3) is 5.56 Å². The van der Waals surface area contributed by atoms with Crippen LogP contribution >= 0.6 is 0 Å². The molecule has 0 unspecified atom stereocenters. The largest absolute Gasteiger partial charge is 0.438 e. The standard InChI is InChI=1S/C10H6F4N2O/c1-16-7-3-2-5(11)4-6(7)15-8(9(16)17)10(12,13)14/h2-4H,1H3.